The van der Waals surface area contributed by atoms with Gasteiger partial charge in [0.15, 0.2) is 11.0 Å². The van der Waals surface area contributed by atoms with Crippen molar-refractivity contribution in [3.8, 4) is 0 Å². The molecule has 0 amide bonds. The van der Waals surface area contributed by atoms with Crippen molar-refractivity contribution in [1.29, 1.82) is 0 Å². The quantitative estimate of drug-likeness (QED) is 0.774. The summed E-state index contributed by atoms with van der Waals surface area (Å²) in [6, 6.07) is 0. The standard InChI is InChI=1S/C11H15Cl2N3/c1-8-4-2-3-5-16(7-8)11-10(13)14-6-9(12)15-11/h6,8H,2-5,7H2,1H3. The van der Waals surface area contributed by atoms with Gasteiger partial charge in [-0.2, -0.15) is 0 Å². The molecule has 1 fully saturated rings. The first-order chi connectivity index (χ1) is 7.66. The van der Waals surface area contributed by atoms with Crippen LogP contribution in [0.5, 0.6) is 0 Å². The smallest absolute Gasteiger partial charge is 0.171 e. The number of anilines is 1. The predicted octanol–water partition coefficient (Wildman–Crippen LogP) is 3.41. The van der Waals surface area contributed by atoms with Crippen LogP contribution in [0, 0.1) is 5.92 Å². The van der Waals surface area contributed by atoms with E-state index in [0.29, 0.717) is 16.2 Å². The van der Waals surface area contributed by atoms with Crippen molar-refractivity contribution < 1.29 is 0 Å². The van der Waals surface area contributed by atoms with Crippen LogP contribution in [0.25, 0.3) is 0 Å². The fourth-order valence-corrected chi connectivity index (χ4v) is 2.43. The fourth-order valence-electron chi connectivity index (χ4n) is 2.09. The van der Waals surface area contributed by atoms with Crippen LogP contribution in [0.3, 0.4) is 0 Å². The molecule has 1 aliphatic heterocycles. The molecule has 1 saturated heterocycles. The van der Waals surface area contributed by atoms with Crippen molar-refractivity contribution in [1.82, 2.24) is 9.97 Å². The average Bonchev–Trinajstić information content (AvgIpc) is 2.46. The zero-order valence-electron chi connectivity index (χ0n) is 9.29. The molecule has 1 unspecified atom stereocenters. The van der Waals surface area contributed by atoms with Gasteiger partial charge in [-0.15, -0.1) is 0 Å². The van der Waals surface area contributed by atoms with Crippen LogP contribution in [-0.4, -0.2) is 23.1 Å². The van der Waals surface area contributed by atoms with Gasteiger partial charge in [0.2, 0.25) is 0 Å². The van der Waals surface area contributed by atoms with Gasteiger partial charge >= 0.3 is 0 Å². The molecule has 1 atom stereocenters. The van der Waals surface area contributed by atoms with Crippen molar-refractivity contribution in [2.24, 2.45) is 5.92 Å². The molecule has 1 aliphatic rings. The number of aromatic nitrogens is 2. The third kappa shape index (κ3) is 2.77. The Morgan fingerprint density at radius 2 is 2.19 bits per heavy atom. The fraction of sp³-hybridized carbons (Fsp3) is 0.636. The van der Waals surface area contributed by atoms with Crippen LogP contribution in [0.15, 0.2) is 6.20 Å². The number of halogens is 2. The highest BCUT2D eigenvalue weighted by molar-refractivity contribution is 6.33. The van der Waals surface area contributed by atoms with Gasteiger partial charge in [-0.3, -0.25) is 0 Å². The molecule has 0 aromatic carbocycles. The van der Waals surface area contributed by atoms with E-state index >= 15 is 0 Å². The Hall–Kier alpha value is -0.540. The summed E-state index contributed by atoms with van der Waals surface area (Å²) in [5.41, 5.74) is 0. The lowest BCUT2D eigenvalue weighted by molar-refractivity contribution is 0.543. The van der Waals surface area contributed by atoms with E-state index in [9.17, 15) is 0 Å². The second-order valence-corrected chi connectivity index (χ2v) is 5.10. The highest BCUT2D eigenvalue weighted by atomic mass is 35.5. The molecular weight excluding hydrogens is 245 g/mol. The van der Waals surface area contributed by atoms with E-state index in [4.69, 9.17) is 23.2 Å². The molecule has 0 spiro atoms. The first kappa shape index (κ1) is 11.9. The van der Waals surface area contributed by atoms with Gasteiger partial charge < -0.3 is 4.90 Å². The van der Waals surface area contributed by atoms with E-state index in [1.807, 2.05) is 0 Å². The van der Waals surface area contributed by atoms with Crippen molar-refractivity contribution in [3.05, 3.63) is 16.5 Å². The summed E-state index contributed by atoms with van der Waals surface area (Å²) in [6.07, 6.45) is 5.19. The minimum Gasteiger partial charge on any atom is -0.354 e. The van der Waals surface area contributed by atoms with Crippen LogP contribution in [0.2, 0.25) is 10.3 Å². The molecule has 5 heteroatoms. The van der Waals surface area contributed by atoms with E-state index in [0.717, 1.165) is 18.9 Å². The van der Waals surface area contributed by atoms with Crippen LogP contribution < -0.4 is 4.90 Å². The van der Waals surface area contributed by atoms with Gasteiger partial charge in [-0.25, -0.2) is 9.97 Å². The van der Waals surface area contributed by atoms with Crippen LogP contribution in [-0.2, 0) is 0 Å². The van der Waals surface area contributed by atoms with Crippen molar-refractivity contribution in [3.63, 3.8) is 0 Å². The molecule has 1 aromatic rings. The molecule has 3 nitrogen and oxygen atoms in total. The van der Waals surface area contributed by atoms with Gasteiger partial charge in [0, 0.05) is 13.1 Å². The lowest BCUT2D eigenvalue weighted by Crippen LogP contribution is -2.28. The predicted molar refractivity (Wildman–Crippen MR) is 67.3 cm³/mol. The van der Waals surface area contributed by atoms with Crippen molar-refractivity contribution >= 4 is 29.0 Å². The van der Waals surface area contributed by atoms with Crippen LogP contribution >= 0.6 is 23.2 Å². The van der Waals surface area contributed by atoms with E-state index in [2.05, 4.69) is 21.8 Å². The molecule has 16 heavy (non-hydrogen) atoms. The van der Waals surface area contributed by atoms with Gasteiger partial charge in [-0.1, -0.05) is 36.5 Å². The Kier molecular flexibility index (Phi) is 3.87. The lowest BCUT2D eigenvalue weighted by atomic mass is 10.1. The summed E-state index contributed by atoms with van der Waals surface area (Å²) in [6.45, 7) is 4.22. The summed E-state index contributed by atoms with van der Waals surface area (Å²) in [7, 11) is 0. The summed E-state index contributed by atoms with van der Waals surface area (Å²) in [5, 5.41) is 0.842. The zero-order chi connectivity index (χ0) is 11.5. The zero-order valence-corrected chi connectivity index (χ0v) is 10.8. The largest absolute Gasteiger partial charge is 0.354 e. The average molecular weight is 260 g/mol. The van der Waals surface area contributed by atoms with Gasteiger partial charge in [-0.05, 0) is 18.8 Å². The third-order valence-electron chi connectivity index (χ3n) is 2.89. The second-order valence-electron chi connectivity index (χ2n) is 4.35. The normalized spacial score (nSPS) is 21.9. The molecule has 88 valence electrons. The van der Waals surface area contributed by atoms with Crippen LogP contribution in [0.1, 0.15) is 26.2 Å². The third-order valence-corrected chi connectivity index (χ3v) is 3.34. The van der Waals surface area contributed by atoms with E-state index in [1.165, 1.54) is 25.5 Å². The first-order valence-corrected chi connectivity index (χ1v) is 6.35. The minimum atomic E-state index is 0.399. The Balaban J connectivity index is 2.24. The minimum absolute atomic E-state index is 0.399. The van der Waals surface area contributed by atoms with Crippen LogP contribution in [0.4, 0.5) is 5.82 Å². The lowest BCUT2D eigenvalue weighted by Gasteiger charge is -2.24. The first-order valence-electron chi connectivity index (χ1n) is 5.60. The highest BCUT2D eigenvalue weighted by Gasteiger charge is 2.19. The Morgan fingerprint density at radius 3 is 3.00 bits per heavy atom. The summed E-state index contributed by atoms with van der Waals surface area (Å²) in [5.74, 6) is 1.39. The van der Waals surface area contributed by atoms with E-state index in [1.54, 1.807) is 0 Å². The van der Waals surface area contributed by atoms with E-state index < -0.39 is 0 Å². The SMILES string of the molecule is CC1CCCCN(c2nc(Cl)cnc2Cl)C1. The summed E-state index contributed by atoms with van der Waals surface area (Å²) in [4.78, 5) is 10.5. The number of nitrogens with zero attached hydrogens (tertiary/aromatic N) is 3. The molecule has 0 N–H and O–H groups in total. The maximum absolute atomic E-state index is 6.06. The molecule has 0 saturated carbocycles. The summed E-state index contributed by atoms with van der Waals surface area (Å²) >= 11 is 11.9. The summed E-state index contributed by atoms with van der Waals surface area (Å²) < 4.78 is 0. The Bertz CT molecular complexity index is 370. The number of hydrogen-bond acceptors (Lipinski definition) is 3. The maximum atomic E-state index is 6.06. The molecule has 2 heterocycles. The monoisotopic (exact) mass is 259 g/mol. The van der Waals surface area contributed by atoms with Gasteiger partial charge in [0.25, 0.3) is 0 Å². The number of rotatable bonds is 1. The second kappa shape index (κ2) is 5.19. The highest BCUT2D eigenvalue weighted by Crippen LogP contribution is 2.26. The Labute approximate surface area is 106 Å². The van der Waals surface area contributed by atoms with Gasteiger partial charge in [0.1, 0.15) is 5.15 Å². The van der Waals surface area contributed by atoms with Crippen molar-refractivity contribution in [2.75, 3.05) is 18.0 Å². The Morgan fingerprint density at radius 1 is 1.38 bits per heavy atom. The molecule has 0 aliphatic carbocycles. The van der Waals surface area contributed by atoms with Gasteiger partial charge in [0.05, 0.1) is 6.20 Å². The maximum Gasteiger partial charge on any atom is 0.171 e. The molecule has 0 bridgehead atoms. The molecule has 1 aromatic heterocycles. The molecule has 2 rings (SSSR count). The topological polar surface area (TPSA) is 29.0 Å². The molecular formula is C11H15Cl2N3. The van der Waals surface area contributed by atoms with Crippen molar-refractivity contribution in [2.45, 2.75) is 26.2 Å². The molecule has 0 radical (unpaired) electrons. The van der Waals surface area contributed by atoms with E-state index in [-0.39, 0.29) is 0 Å². The number of hydrogen-bond donors (Lipinski definition) is 0.